The fourth-order valence-corrected chi connectivity index (χ4v) is 6.18. The summed E-state index contributed by atoms with van der Waals surface area (Å²) in [4.78, 5) is 33.7. The molecule has 0 bridgehead atoms. The number of aromatic nitrogens is 12. The minimum Gasteiger partial charge on any atom is -0.264 e. The predicted octanol–water partition coefficient (Wildman–Crippen LogP) is -2.85. The molecule has 6 aromatic rings. The molecule has 6 heterocycles. The highest BCUT2D eigenvalue weighted by Crippen LogP contribution is 2.02. The fraction of sp³-hybridized carbons (Fsp3) is 0. The standard InChI is InChI=1S/6C3H3N5O2S.7H2O4S/c6*4-6-7-11(9,10)8-2-1-5-3-8;7*1-5(2,3)4/h6*1-3H;7*(H2,1,2,3,4). The summed E-state index contributed by atoms with van der Waals surface area (Å²) in [6, 6.07) is 0. The third-order valence-electron chi connectivity index (χ3n) is 5.32. The molecule has 0 amide bonds. The van der Waals surface area contributed by atoms with Crippen LogP contribution in [0.15, 0.2) is 139 Å². The first-order valence-corrected chi connectivity index (χ1v) is 37.8. The first-order chi connectivity index (χ1) is 45.0. The summed E-state index contributed by atoms with van der Waals surface area (Å²) >= 11 is 0. The van der Waals surface area contributed by atoms with Gasteiger partial charge >= 0.3 is 134 Å². The number of imidazole rings is 6. The highest BCUT2D eigenvalue weighted by atomic mass is 32.3. The van der Waals surface area contributed by atoms with E-state index in [4.69, 9.17) is 156 Å². The zero-order chi connectivity index (χ0) is 81.4. The van der Waals surface area contributed by atoms with E-state index in [2.05, 4.69) is 86.5 Å². The molecule has 0 aromatic carbocycles. The SMILES string of the molecule is O=S(=O)(O)O.O=S(=O)(O)O.O=S(=O)(O)O.O=S(=O)(O)O.O=S(=O)(O)O.O=S(=O)(O)O.O=S(=O)(O)O.[N-]=[N+]=NS(=O)(=O)n1ccnc1.[N-]=[N+]=NS(=O)(=O)n1ccnc1.[N-]=[N+]=NS(=O)(=O)n1ccnc1.[N-]=[N+]=NS(=O)(=O)n1ccnc1.[N-]=[N+]=NS(=O)(=O)n1ccnc1.[N-]=[N+]=NS(=O)(=O)n1ccnc1. The van der Waals surface area contributed by atoms with Gasteiger partial charge in [0.05, 0.1) is 27.1 Å². The maximum atomic E-state index is 10.8. The lowest BCUT2D eigenvalue weighted by molar-refractivity contribution is 0.378. The van der Waals surface area contributed by atoms with Crippen LogP contribution in [0.3, 0.4) is 0 Å². The second kappa shape index (κ2) is 47.8. The van der Waals surface area contributed by atoms with E-state index in [1.807, 2.05) is 0 Å². The third kappa shape index (κ3) is 82.3. The van der Waals surface area contributed by atoms with E-state index in [1.54, 1.807) is 0 Å². The van der Waals surface area contributed by atoms with Gasteiger partial charge < -0.3 is 0 Å². The van der Waals surface area contributed by atoms with Gasteiger partial charge in [-0.25, -0.2) is 53.7 Å². The second-order valence-electron chi connectivity index (χ2n) is 12.4. The maximum absolute atomic E-state index is 10.8. The monoisotopic (exact) mass is 1720 g/mol. The van der Waals surface area contributed by atoms with E-state index in [0.29, 0.717) is 23.8 Å². The van der Waals surface area contributed by atoms with Crippen LogP contribution in [-0.4, -0.2) is 227 Å². The van der Waals surface area contributed by atoms with Crippen molar-refractivity contribution in [3.63, 3.8) is 0 Å². The van der Waals surface area contributed by atoms with Crippen LogP contribution < -0.4 is 0 Å². The molecular weight excluding hydrogens is 1690 g/mol. The summed E-state index contributed by atoms with van der Waals surface area (Å²) in [5.74, 6) is 0. The topological polar surface area (TPSA) is 1130 Å². The molecule has 0 aliphatic carbocycles. The largest absolute Gasteiger partial charge is 0.394 e. The molecule has 0 fully saturated rings. The second-order valence-corrected chi connectivity index (χ2v) is 27.5. The Bertz CT molecular complexity index is 4390. The van der Waals surface area contributed by atoms with E-state index < -0.39 is 134 Å². The Morgan fingerprint density at radius 2 is 0.287 bits per heavy atom. The lowest BCUT2D eigenvalue weighted by Crippen LogP contribution is -2.05. The number of rotatable bonds is 12. The predicted molar refractivity (Wildman–Crippen MR) is 313 cm³/mol. The Balaban J connectivity index is -0.000000193. The molecule has 70 nitrogen and oxygen atoms in total. The molecule has 83 heteroatoms. The van der Waals surface area contributed by atoms with Gasteiger partial charge in [-0.2, -0.15) is 109 Å². The number of hydrogen-bond donors (Lipinski definition) is 14. The first kappa shape index (κ1) is 104. The van der Waals surface area contributed by atoms with Crippen molar-refractivity contribution in [2.24, 2.45) is 27.1 Å². The van der Waals surface area contributed by atoms with Crippen molar-refractivity contribution >= 4 is 134 Å². The van der Waals surface area contributed by atoms with Gasteiger partial charge in [-0.05, 0) is 33.2 Å². The number of nitrogens with zero attached hydrogens (tertiary/aromatic N) is 30. The summed E-state index contributed by atoms with van der Waals surface area (Å²) in [6.45, 7) is 0. The van der Waals surface area contributed by atoms with Crippen molar-refractivity contribution in [3.05, 3.63) is 175 Å². The summed E-state index contributed by atoms with van der Waals surface area (Å²) < 4.78 is 370. The van der Waals surface area contributed by atoms with E-state index in [1.165, 1.54) is 74.4 Å². The molecule has 6 aromatic heterocycles. The molecule has 101 heavy (non-hydrogen) atoms. The summed E-state index contributed by atoms with van der Waals surface area (Å²) in [5.41, 5.74) is 47.1. The van der Waals surface area contributed by atoms with Crippen molar-refractivity contribution < 1.29 is 173 Å². The average molecular weight is 1730 g/mol. The van der Waals surface area contributed by atoms with Gasteiger partial charge in [0.15, 0.2) is 0 Å². The van der Waals surface area contributed by atoms with Crippen LogP contribution in [0.4, 0.5) is 0 Å². The van der Waals surface area contributed by atoms with Crippen LogP contribution in [0.2, 0.25) is 0 Å². The maximum Gasteiger partial charge on any atom is 0.394 e. The zero-order valence-corrected chi connectivity index (χ0v) is 56.6. The number of azide groups is 6. The molecule has 0 unspecified atom stereocenters. The molecule has 0 aliphatic heterocycles. The minimum absolute atomic E-state index is 0.715. The fourth-order valence-electron chi connectivity index (χ4n) is 2.83. The Kier molecular flexibility index (Phi) is 49.4. The highest BCUT2D eigenvalue weighted by molar-refractivity contribution is 7.90. The number of hydrogen-bond acceptors (Lipinski definition) is 32. The molecule has 0 saturated heterocycles. The summed E-state index contributed by atoms with van der Waals surface area (Å²) in [7, 11) is -56.1. The van der Waals surface area contributed by atoms with E-state index in [0.717, 1.165) is 38.0 Å². The molecule has 0 aliphatic rings. The zero-order valence-electron chi connectivity index (χ0n) is 46.0. The van der Waals surface area contributed by atoms with Gasteiger partial charge in [0.2, 0.25) is 0 Å². The molecule has 0 saturated carbocycles. The van der Waals surface area contributed by atoms with Gasteiger partial charge in [-0.15, -0.1) is 0 Å². The molecule has 0 atom stereocenters. The van der Waals surface area contributed by atoms with Crippen LogP contribution in [0, 0.1) is 0 Å². The average Bonchev–Trinajstić information content (AvgIpc) is 1.85. The molecule has 6 rings (SSSR count). The Hall–Kier alpha value is -10.1. The van der Waals surface area contributed by atoms with Crippen molar-refractivity contribution in [1.29, 1.82) is 0 Å². The highest BCUT2D eigenvalue weighted by Gasteiger charge is 2.11. The molecular formula is C18H32N30O40S13. The van der Waals surface area contributed by atoms with E-state index in [-0.39, 0.29) is 0 Å². The van der Waals surface area contributed by atoms with Crippen molar-refractivity contribution in [2.75, 3.05) is 0 Å². The van der Waals surface area contributed by atoms with Crippen LogP contribution in [0.5, 0.6) is 0 Å². The Morgan fingerprint density at radius 3 is 0.337 bits per heavy atom. The lowest BCUT2D eigenvalue weighted by Gasteiger charge is -1.92. The van der Waals surface area contributed by atoms with Crippen molar-refractivity contribution in [3.8, 4) is 0 Å². The smallest absolute Gasteiger partial charge is 0.264 e. The van der Waals surface area contributed by atoms with E-state index in [9.17, 15) is 50.5 Å². The van der Waals surface area contributed by atoms with E-state index >= 15 is 0 Å². The quantitative estimate of drug-likeness (QED) is 0.0254. The van der Waals surface area contributed by atoms with Crippen molar-refractivity contribution in [2.45, 2.75) is 0 Å². The van der Waals surface area contributed by atoms with Gasteiger partial charge in [-0.1, -0.05) is 0 Å². The minimum atomic E-state index is -4.67. The third-order valence-corrected chi connectivity index (χ3v) is 11.5. The van der Waals surface area contributed by atoms with Crippen LogP contribution in [0.25, 0.3) is 62.7 Å². The Labute approximate surface area is 559 Å². The molecule has 14 N–H and O–H groups in total. The first-order valence-electron chi connectivity index (χ1n) is 19.7. The van der Waals surface area contributed by atoms with Crippen molar-refractivity contribution in [1.82, 2.24) is 53.7 Å². The van der Waals surface area contributed by atoms with Gasteiger partial charge in [0.1, 0.15) is 38.0 Å². The lowest BCUT2D eigenvalue weighted by atomic mass is 11.0. The normalized spacial score (nSPS) is 10.9. The summed E-state index contributed by atoms with van der Waals surface area (Å²) in [6.07, 6.45) is 20.8. The van der Waals surface area contributed by atoms with Crippen LogP contribution >= 0.6 is 0 Å². The summed E-state index contributed by atoms with van der Waals surface area (Å²) in [5, 5.41) is 0. The van der Waals surface area contributed by atoms with Crippen LogP contribution in [0.1, 0.15) is 0 Å². The molecule has 0 radical (unpaired) electrons. The van der Waals surface area contributed by atoms with Gasteiger partial charge in [-0.3, -0.25) is 63.7 Å². The Morgan fingerprint density at radius 1 is 0.208 bits per heavy atom. The molecule has 0 spiro atoms. The van der Waals surface area contributed by atoms with Gasteiger partial charge in [0, 0.05) is 104 Å². The van der Waals surface area contributed by atoms with Crippen LogP contribution in [-0.2, 0) is 134 Å². The molecule has 572 valence electrons. The van der Waals surface area contributed by atoms with Gasteiger partial charge in [0.25, 0.3) is 0 Å².